The number of nitrogens with zero attached hydrogens (tertiary/aromatic N) is 3. The van der Waals surface area contributed by atoms with Gasteiger partial charge in [-0.05, 0) is 43.9 Å². The number of likely N-dealkylation sites (tertiary alicyclic amines) is 1. The lowest BCUT2D eigenvalue weighted by atomic mass is 10.0. The maximum Gasteiger partial charge on any atom is 0.334 e. The van der Waals surface area contributed by atoms with Crippen LogP contribution in [0.5, 0.6) is 0 Å². The van der Waals surface area contributed by atoms with Crippen LogP contribution >= 0.6 is 0 Å². The average molecular weight is 272 g/mol. The van der Waals surface area contributed by atoms with Crippen LogP contribution in [0, 0.1) is 11.3 Å². The van der Waals surface area contributed by atoms with Crippen LogP contribution in [0.4, 0.5) is 4.79 Å². The standard InChI is InChI=1S/C15H20N4O/c1-12-5-2-3-8-18(12)15(20)19(17)11-14-7-4-6-13(9-14)10-16/h4,6-7,9,12H,2-3,5,8,11,17H2,1H3. The summed E-state index contributed by atoms with van der Waals surface area (Å²) in [5.41, 5.74) is 1.44. The van der Waals surface area contributed by atoms with Crippen LogP contribution < -0.4 is 5.84 Å². The largest absolute Gasteiger partial charge is 0.334 e. The van der Waals surface area contributed by atoms with E-state index < -0.39 is 0 Å². The Morgan fingerprint density at radius 3 is 3.05 bits per heavy atom. The first-order chi connectivity index (χ1) is 9.61. The van der Waals surface area contributed by atoms with Crippen LogP contribution in [-0.4, -0.2) is 28.5 Å². The Bertz CT molecular complexity index is 523. The maximum atomic E-state index is 12.3. The summed E-state index contributed by atoms with van der Waals surface area (Å²) >= 11 is 0. The molecule has 1 heterocycles. The number of carbonyl (C=O) groups excluding carboxylic acids is 1. The lowest BCUT2D eigenvalue weighted by Gasteiger charge is -2.35. The molecule has 2 amide bonds. The number of amides is 2. The molecule has 0 radical (unpaired) electrons. The molecule has 0 aromatic heterocycles. The number of rotatable bonds is 2. The molecule has 2 N–H and O–H groups in total. The number of hydrazine groups is 1. The van der Waals surface area contributed by atoms with Crippen molar-refractivity contribution in [3.8, 4) is 6.07 Å². The molecule has 2 rings (SSSR count). The van der Waals surface area contributed by atoms with Gasteiger partial charge in [-0.1, -0.05) is 12.1 Å². The number of piperidine rings is 1. The summed E-state index contributed by atoms with van der Waals surface area (Å²) in [6.07, 6.45) is 3.23. The summed E-state index contributed by atoms with van der Waals surface area (Å²) in [5.74, 6) is 5.89. The van der Waals surface area contributed by atoms with Crippen molar-refractivity contribution >= 4 is 6.03 Å². The molecule has 106 valence electrons. The number of urea groups is 1. The Kier molecular flexibility index (Phi) is 4.59. The summed E-state index contributed by atoms with van der Waals surface area (Å²) in [7, 11) is 0. The van der Waals surface area contributed by atoms with Crippen molar-refractivity contribution in [2.75, 3.05) is 6.54 Å². The second kappa shape index (κ2) is 6.40. The van der Waals surface area contributed by atoms with E-state index in [1.807, 2.05) is 11.0 Å². The fraction of sp³-hybridized carbons (Fsp3) is 0.467. The van der Waals surface area contributed by atoms with E-state index >= 15 is 0 Å². The average Bonchev–Trinajstić information content (AvgIpc) is 2.47. The molecule has 1 aliphatic rings. The highest BCUT2D eigenvalue weighted by Crippen LogP contribution is 2.18. The van der Waals surface area contributed by atoms with E-state index in [9.17, 15) is 4.79 Å². The molecular weight excluding hydrogens is 252 g/mol. The first-order valence-electron chi connectivity index (χ1n) is 6.93. The third-order valence-electron chi connectivity index (χ3n) is 3.70. The van der Waals surface area contributed by atoms with Gasteiger partial charge in [-0.3, -0.25) is 5.01 Å². The molecule has 1 aliphatic heterocycles. The zero-order valence-corrected chi connectivity index (χ0v) is 11.7. The van der Waals surface area contributed by atoms with Crippen LogP contribution in [0.3, 0.4) is 0 Å². The van der Waals surface area contributed by atoms with Crippen molar-refractivity contribution in [3.05, 3.63) is 35.4 Å². The monoisotopic (exact) mass is 272 g/mol. The second-order valence-corrected chi connectivity index (χ2v) is 5.26. The SMILES string of the molecule is CC1CCCCN1C(=O)N(N)Cc1cccc(C#N)c1. The third kappa shape index (κ3) is 3.28. The van der Waals surface area contributed by atoms with Crippen molar-refractivity contribution in [2.45, 2.75) is 38.8 Å². The number of hydrogen-bond acceptors (Lipinski definition) is 3. The first-order valence-corrected chi connectivity index (χ1v) is 6.93. The molecule has 1 atom stereocenters. The molecule has 0 aliphatic carbocycles. The minimum absolute atomic E-state index is 0.139. The zero-order valence-electron chi connectivity index (χ0n) is 11.7. The van der Waals surface area contributed by atoms with E-state index in [-0.39, 0.29) is 12.1 Å². The van der Waals surface area contributed by atoms with E-state index in [0.29, 0.717) is 12.1 Å². The van der Waals surface area contributed by atoms with Gasteiger partial charge in [0, 0.05) is 12.6 Å². The Morgan fingerprint density at radius 1 is 1.55 bits per heavy atom. The molecule has 5 heteroatoms. The molecule has 0 saturated carbocycles. The molecular formula is C15H20N4O. The van der Waals surface area contributed by atoms with Crippen LogP contribution in [0.1, 0.15) is 37.3 Å². The van der Waals surface area contributed by atoms with Gasteiger partial charge in [0.15, 0.2) is 0 Å². The van der Waals surface area contributed by atoms with E-state index in [4.69, 9.17) is 11.1 Å². The fourth-order valence-corrected chi connectivity index (χ4v) is 2.55. The predicted molar refractivity (Wildman–Crippen MR) is 76.3 cm³/mol. The van der Waals surface area contributed by atoms with Gasteiger partial charge >= 0.3 is 6.03 Å². The van der Waals surface area contributed by atoms with Crippen molar-refractivity contribution < 1.29 is 4.79 Å². The number of nitrogens with two attached hydrogens (primary N) is 1. The van der Waals surface area contributed by atoms with Crippen molar-refractivity contribution in [1.82, 2.24) is 9.91 Å². The molecule has 5 nitrogen and oxygen atoms in total. The summed E-state index contributed by atoms with van der Waals surface area (Å²) in [6, 6.07) is 9.35. The number of benzene rings is 1. The van der Waals surface area contributed by atoms with Gasteiger partial charge in [0.05, 0.1) is 18.2 Å². The highest BCUT2D eigenvalue weighted by Gasteiger charge is 2.26. The molecule has 1 aromatic rings. The van der Waals surface area contributed by atoms with Gasteiger partial charge in [0.1, 0.15) is 0 Å². The summed E-state index contributed by atoms with van der Waals surface area (Å²) < 4.78 is 0. The second-order valence-electron chi connectivity index (χ2n) is 5.26. The first kappa shape index (κ1) is 14.4. The lowest BCUT2D eigenvalue weighted by Crippen LogP contribution is -2.51. The van der Waals surface area contributed by atoms with Crippen molar-refractivity contribution in [1.29, 1.82) is 5.26 Å². The lowest BCUT2D eigenvalue weighted by molar-refractivity contribution is 0.118. The van der Waals surface area contributed by atoms with Crippen LogP contribution in [0.2, 0.25) is 0 Å². The minimum Gasteiger partial charge on any atom is -0.321 e. The van der Waals surface area contributed by atoms with Crippen molar-refractivity contribution in [3.63, 3.8) is 0 Å². The quantitative estimate of drug-likeness (QED) is 0.509. The Balaban J connectivity index is 2.01. The Morgan fingerprint density at radius 2 is 2.35 bits per heavy atom. The van der Waals surface area contributed by atoms with Crippen LogP contribution in [0.15, 0.2) is 24.3 Å². The fourth-order valence-electron chi connectivity index (χ4n) is 2.55. The maximum absolute atomic E-state index is 12.3. The molecule has 1 aromatic carbocycles. The van der Waals surface area contributed by atoms with Gasteiger partial charge in [-0.25, -0.2) is 10.6 Å². The highest BCUT2D eigenvalue weighted by atomic mass is 16.2. The van der Waals surface area contributed by atoms with E-state index in [2.05, 4.69) is 13.0 Å². The molecule has 1 fully saturated rings. The summed E-state index contributed by atoms with van der Waals surface area (Å²) in [5, 5.41) is 10.1. The molecule has 1 saturated heterocycles. The van der Waals surface area contributed by atoms with Gasteiger partial charge in [-0.15, -0.1) is 0 Å². The number of carbonyl (C=O) groups is 1. The smallest absolute Gasteiger partial charge is 0.321 e. The Hall–Kier alpha value is -2.06. The number of nitriles is 1. The topological polar surface area (TPSA) is 73.4 Å². The highest BCUT2D eigenvalue weighted by molar-refractivity contribution is 5.74. The minimum atomic E-state index is -0.139. The molecule has 0 bridgehead atoms. The van der Waals surface area contributed by atoms with Gasteiger partial charge < -0.3 is 4.90 Å². The van der Waals surface area contributed by atoms with E-state index in [1.54, 1.807) is 18.2 Å². The zero-order chi connectivity index (χ0) is 14.5. The summed E-state index contributed by atoms with van der Waals surface area (Å²) in [6.45, 7) is 3.14. The Labute approximate surface area is 119 Å². The predicted octanol–water partition coefficient (Wildman–Crippen LogP) is 2.23. The van der Waals surface area contributed by atoms with E-state index in [1.165, 1.54) is 11.4 Å². The molecule has 20 heavy (non-hydrogen) atoms. The van der Waals surface area contributed by atoms with Gasteiger partial charge in [0.25, 0.3) is 0 Å². The van der Waals surface area contributed by atoms with Crippen LogP contribution in [-0.2, 0) is 6.54 Å². The molecule has 0 spiro atoms. The number of hydrogen-bond donors (Lipinski definition) is 1. The van der Waals surface area contributed by atoms with Crippen LogP contribution in [0.25, 0.3) is 0 Å². The molecule has 1 unspecified atom stereocenters. The van der Waals surface area contributed by atoms with Crippen molar-refractivity contribution in [2.24, 2.45) is 5.84 Å². The third-order valence-corrected chi connectivity index (χ3v) is 3.70. The summed E-state index contributed by atoms with van der Waals surface area (Å²) in [4.78, 5) is 14.2. The van der Waals surface area contributed by atoms with Gasteiger partial charge in [-0.2, -0.15) is 5.26 Å². The van der Waals surface area contributed by atoms with E-state index in [0.717, 1.165) is 24.9 Å². The van der Waals surface area contributed by atoms with Gasteiger partial charge in [0.2, 0.25) is 0 Å². The normalized spacial score (nSPS) is 18.4.